The molecular weight excluding hydrogens is 240 g/mol. The number of benzene rings is 1. The second-order valence-electron chi connectivity index (χ2n) is 4.86. The van der Waals surface area contributed by atoms with Gasteiger partial charge in [0, 0.05) is 29.7 Å². The molecule has 0 amide bonds. The first-order chi connectivity index (χ1) is 8.83. The van der Waals surface area contributed by atoms with Crippen molar-refractivity contribution in [1.29, 1.82) is 0 Å². The van der Waals surface area contributed by atoms with Gasteiger partial charge in [-0.25, -0.2) is 0 Å². The summed E-state index contributed by atoms with van der Waals surface area (Å²) in [4.78, 5) is 1.45. The van der Waals surface area contributed by atoms with Gasteiger partial charge in [0.2, 0.25) is 0 Å². The highest BCUT2D eigenvalue weighted by Crippen LogP contribution is 2.24. The van der Waals surface area contributed by atoms with Crippen LogP contribution in [0.2, 0.25) is 0 Å². The quantitative estimate of drug-likeness (QED) is 0.880. The summed E-state index contributed by atoms with van der Waals surface area (Å²) in [6.45, 7) is 4.18. The van der Waals surface area contributed by atoms with Crippen molar-refractivity contribution >= 4 is 17.0 Å². The summed E-state index contributed by atoms with van der Waals surface area (Å²) in [6.07, 6.45) is 1.13. The molecule has 3 rings (SSSR count). The number of rotatable bonds is 4. The van der Waals surface area contributed by atoms with E-state index in [1.54, 1.807) is 0 Å². The third-order valence-corrected chi connectivity index (χ3v) is 4.51. The number of para-hydroxylation sites is 1. The molecule has 1 aliphatic rings. The zero-order valence-corrected chi connectivity index (χ0v) is 11.4. The Morgan fingerprint density at radius 1 is 1.33 bits per heavy atom. The largest absolute Gasteiger partial charge is 0.380 e. The molecule has 18 heavy (non-hydrogen) atoms. The van der Waals surface area contributed by atoms with Crippen molar-refractivity contribution in [2.75, 3.05) is 11.9 Å². The Morgan fingerprint density at radius 2 is 2.22 bits per heavy atom. The highest BCUT2D eigenvalue weighted by Gasteiger charge is 2.19. The molecule has 3 heteroatoms. The Morgan fingerprint density at radius 3 is 3.00 bits per heavy atom. The molecule has 1 atom stereocenters. The lowest BCUT2D eigenvalue weighted by Crippen LogP contribution is -2.30. The van der Waals surface area contributed by atoms with Gasteiger partial charge < -0.3 is 10.6 Å². The maximum atomic E-state index is 3.57. The van der Waals surface area contributed by atoms with E-state index in [9.17, 15) is 0 Å². The lowest BCUT2D eigenvalue weighted by Gasteiger charge is -2.12. The standard InChI is InChI=1S/C15H18N2S/c1-11-6-7-18-15(11)10-16-9-13-8-12-4-2-3-5-14(12)17-13/h2-7,13,16-17H,8-10H2,1H3. The second-order valence-corrected chi connectivity index (χ2v) is 5.86. The van der Waals surface area contributed by atoms with Crippen molar-refractivity contribution in [3.8, 4) is 0 Å². The molecule has 0 bridgehead atoms. The number of anilines is 1. The van der Waals surface area contributed by atoms with Crippen LogP contribution in [0.25, 0.3) is 0 Å². The topological polar surface area (TPSA) is 24.1 Å². The fourth-order valence-corrected chi connectivity index (χ4v) is 3.32. The van der Waals surface area contributed by atoms with Gasteiger partial charge in [-0.3, -0.25) is 0 Å². The predicted octanol–water partition coefficient (Wildman–Crippen LogP) is 3.18. The summed E-state index contributed by atoms with van der Waals surface area (Å²) in [5.74, 6) is 0. The molecule has 2 N–H and O–H groups in total. The molecule has 1 aliphatic heterocycles. The minimum Gasteiger partial charge on any atom is -0.380 e. The highest BCUT2D eigenvalue weighted by atomic mass is 32.1. The zero-order valence-electron chi connectivity index (χ0n) is 10.6. The van der Waals surface area contributed by atoms with Crippen LogP contribution in [0.1, 0.15) is 16.0 Å². The van der Waals surface area contributed by atoms with Crippen molar-refractivity contribution in [3.05, 3.63) is 51.7 Å². The Hall–Kier alpha value is -1.32. The van der Waals surface area contributed by atoms with Crippen LogP contribution in [0, 0.1) is 6.92 Å². The Balaban J connectivity index is 1.50. The van der Waals surface area contributed by atoms with E-state index in [0.717, 1.165) is 19.5 Å². The van der Waals surface area contributed by atoms with Gasteiger partial charge in [-0.15, -0.1) is 11.3 Å². The third-order valence-electron chi connectivity index (χ3n) is 3.49. The van der Waals surface area contributed by atoms with E-state index in [2.05, 4.69) is 53.3 Å². The molecular formula is C15H18N2S. The van der Waals surface area contributed by atoms with E-state index >= 15 is 0 Å². The van der Waals surface area contributed by atoms with Gasteiger partial charge in [-0.2, -0.15) is 0 Å². The van der Waals surface area contributed by atoms with E-state index in [1.165, 1.54) is 21.7 Å². The van der Waals surface area contributed by atoms with E-state index in [4.69, 9.17) is 0 Å². The normalized spacial score (nSPS) is 17.5. The van der Waals surface area contributed by atoms with Gasteiger partial charge in [0.25, 0.3) is 0 Å². The van der Waals surface area contributed by atoms with Gasteiger partial charge in [0.05, 0.1) is 0 Å². The van der Waals surface area contributed by atoms with Crippen molar-refractivity contribution in [2.24, 2.45) is 0 Å². The number of hydrogen-bond acceptors (Lipinski definition) is 3. The number of fused-ring (bicyclic) bond motifs is 1. The summed E-state index contributed by atoms with van der Waals surface area (Å²) in [5, 5.41) is 9.29. The molecule has 0 radical (unpaired) electrons. The lowest BCUT2D eigenvalue weighted by atomic mass is 10.1. The molecule has 2 heterocycles. The first-order valence-electron chi connectivity index (χ1n) is 6.41. The molecule has 0 spiro atoms. The molecule has 0 saturated heterocycles. The molecule has 94 valence electrons. The maximum absolute atomic E-state index is 3.57. The average molecular weight is 258 g/mol. The smallest absolute Gasteiger partial charge is 0.0427 e. The van der Waals surface area contributed by atoms with E-state index in [1.807, 2.05) is 11.3 Å². The van der Waals surface area contributed by atoms with Gasteiger partial charge in [-0.05, 0) is 42.0 Å². The van der Waals surface area contributed by atoms with E-state index < -0.39 is 0 Å². The van der Waals surface area contributed by atoms with Crippen LogP contribution in [0.15, 0.2) is 35.7 Å². The number of hydrogen-bond donors (Lipinski definition) is 2. The number of nitrogens with one attached hydrogen (secondary N) is 2. The maximum Gasteiger partial charge on any atom is 0.0427 e. The minimum atomic E-state index is 0.530. The summed E-state index contributed by atoms with van der Waals surface area (Å²) in [5.41, 5.74) is 4.14. The molecule has 1 aromatic heterocycles. The molecule has 0 aliphatic carbocycles. The molecule has 2 nitrogen and oxygen atoms in total. The van der Waals surface area contributed by atoms with Crippen LogP contribution in [0.3, 0.4) is 0 Å². The van der Waals surface area contributed by atoms with Crippen LogP contribution >= 0.6 is 11.3 Å². The van der Waals surface area contributed by atoms with E-state index in [0.29, 0.717) is 6.04 Å². The van der Waals surface area contributed by atoms with Crippen LogP contribution in [-0.4, -0.2) is 12.6 Å². The van der Waals surface area contributed by atoms with E-state index in [-0.39, 0.29) is 0 Å². The van der Waals surface area contributed by atoms with Crippen LogP contribution in [0.4, 0.5) is 5.69 Å². The van der Waals surface area contributed by atoms with Crippen LogP contribution in [-0.2, 0) is 13.0 Å². The van der Waals surface area contributed by atoms with Gasteiger partial charge >= 0.3 is 0 Å². The summed E-state index contributed by atoms with van der Waals surface area (Å²) >= 11 is 1.84. The minimum absolute atomic E-state index is 0.530. The summed E-state index contributed by atoms with van der Waals surface area (Å²) in [7, 11) is 0. The predicted molar refractivity (Wildman–Crippen MR) is 78.3 cm³/mol. The summed E-state index contributed by atoms with van der Waals surface area (Å²) in [6, 6.07) is 11.3. The Bertz CT molecular complexity index is 508. The van der Waals surface area contributed by atoms with Crippen LogP contribution in [0.5, 0.6) is 0 Å². The molecule has 0 fully saturated rings. The summed E-state index contributed by atoms with van der Waals surface area (Å²) < 4.78 is 0. The lowest BCUT2D eigenvalue weighted by molar-refractivity contribution is 0.617. The van der Waals surface area contributed by atoms with Gasteiger partial charge in [0.15, 0.2) is 0 Å². The fraction of sp³-hybridized carbons (Fsp3) is 0.333. The molecule has 2 aromatic rings. The Labute approximate surface area is 112 Å². The first kappa shape index (κ1) is 11.8. The highest BCUT2D eigenvalue weighted by molar-refractivity contribution is 7.10. The Kier molecular flexibility index (Phi) is 3.35. The van der Waals surface area contributed by atoms with Gasteiger partial charge in [0.1, 0.15) is 0 Å². The zero-order chi connectivity index (χ0) is 12.4. The van der Waals surface area contributed by atoms with Crippen molar-refractivity contribution in [3.63, 3.8) is 0 Å². The first-order valence-corrected chi connectivity index (χ1v) is 7.29. The number of thiophene rings is 1. The average Bonchev–Trinajstić information content (AvgIpc) is 2.96. The molecule has 1 unspecified atom stereocenters. The molecule has 0 saturated carbocycles. The molecule has 1 aromatic carbocycles. The van der Waals surface area contributed by atoms with Crippen molar-refractivity contribution < 1.29 is 0 Å². The monoisotopic (exact) mass is 258 g/mol. The van der Waals surface area contributed by atoms with Gasteiger partial charge in [-0.1, -0.05) is 18.2 Å². The fourth-order valence-electron chi connectivity index (χ4n) is 2.44. The SMILES string of the molecule is Cc1ccsc1CNCC1Cc2ccccc2N1. The van der Waals surface area contributed by atoms with Crippen molar-refractivity contribution in [1.82, 2.24) is 5.32 Å². The third kappa shape index (κ3) is 2.42. The van der Waals surface area contributed by atoms with Crippen molar-refractivity contribution in [2.45, 2.75) is 25.9 Å². The second kappa shape index (κ2) is 5.12. The number of aryl methyl sites for hydroxylation is 1. The van der Waals surface area contributed by atoms with Crippen LogP contribution < -0.4 is 10.6 Å².